The number of aromatic nitrogens is 3. The third-order valence-electron chi connectivity index (χ3n) is 2.11. The molecular weight excluding hydrogens is 222 g/mol. The monoisotopic (exact) mass is 233 g/mol. The average molecular weight is 233 g/mol. The highest BCUT2D eigenvalue weighted by Gasteiger charge is 2.09. The van der Waals surface area contributed by atoms with Crippen LogP contribution in [0.25, 0.3) is 5.69 Å². The van der Waals surface area contributed by atoms with Crippen LogP contribution < -0.4 is 4.74 Å². The smallest absolute Gasteiger partial charge is 0.358 e. The van der Waals surface area contributed by atoms with Gasteiger partial charge in [-0.2, -0.15) is 0 Å². The Bertz CT molecular complexity index is 536. The molecule has 0 fully saturated rings. The number of hydrogen-bond acceptors (Lipinski definition) is 4. The average Bonchev–Trinajstić information content (AvgIpc) is 2.79. The molecule has 1 aromatic heterocycles. The zero-order chi connectivity index (χ0) is 12.3. The molecular formula is C11H11N3O3. The van der Waals surface area contributed by atoms with Gasteiger partial charge in [-0.3, -0.25) is 0 Å². The summed E-state index contributed by atoms with van der Waals surface area (Å²) in [6, 6.07) is 7.19. The summed E-state index contributed by atoms with van der Waals surface area (Å²) in [6.07, 6.45) is 1.35. The van der Waals surface area contributed by atoms with E-state index in [-0.39, 0.29) is 5.69 Å². The van der Waals surface area contributed by atoms with E-state index < -0.39 is 5.97 Å². The first-order valence-electron chi connectivity index (χ1n) is 5.09. The Balaban J connectivity index is 2.31. The van der Waals surface area contributed by atoms with Crippen LogP contribution in [0.4, 0.5) is 0 Å². The van der Waals surface area contributed by atoms with Crippen molar-refractivity contribution in [1.82, 2.24) is 15.0 Å². The third kappa shape index (κ3) is 2.41. The topological polar surface area (TPSA) is 77.2 Å². The lowest BCUT2D eigenvalue weighted by Crippen LogP contribution is -1.97. The molecule has 1 aromatic carbocycles. The second kappa shape index (κ2) is 4.65. The fourth-order valence-corrected chi connectivity index (χ4v) is 1.37. The van der Waals surface area contributed by atoms with Crippen LogP contribution in [0.3, 0.4) is 0 Å². The minimum Gasteiger partial charge on any atom is -0.494 e. The summed E-state index contributed by atoms with van der Waals surface area (Å²) in [4.78, 5) is 10.7. The van der Waals surface area contributed by atoms with Crippen molar-refractivity contribution in [3.05, 3.63) is 36.2 Å². The molecule has 0 amide bonds. The Kier molecular flexibility index (Phi) is 3.04. The molecule has 0 atom stereocenters. The molecule has 0 spiro atoms. The van der Waals surface area contributed by atoms with Crippen molar-refractivity contribution in [3.8, 4) is 11.4 Å². The SMILES string of the molecule is CCOc1cccc(-n2cc(C(=O)O)nn2)c1. The van der Waals surface area contributed by atoms with Crippen molar-refractivity contribution < 1.29 is 14.6 Å². The van der Waals surface area contributed by atoms with Gasteiger partial charge in [0.1, 0.15) is 5.75 Å². The van der Waals surface area contributed by atoms with Gasteiger partial charge in [0.2, 0.25) is 0 Å². The van der Waals surface area contributed by atoms with E-state index in [2.05, 4.69) is 10.3 Å². The van der Waals surface area contributed by atoms with E-state index in [4.69, 9.17) is 9.84 Å². The lowest BCUT2D eigenvalue weighted by Gasteiger charge is -2.04. The second-order valence-electron chi connectivity index (χ2n) is 3.28. The fraction of sp³-hybridized carbons (Fsp3) is 0.182. The Morgan fingerprint density at radius 1 is 1.53 bits per heavy atom. The molecule has 0 radical (unpaired) electrons. The molecule has 1 N–H and O–H groups in total. The molecule has 2 rings (SSSR count). The predicted molar refractivity (Wildman–Crippen MR) is 59.5 cm³/mol. The highest BCUT2D eigenvalue weighted by atomic mass is 16.5. The highest BCUT2D eigenvalue weighted by molar-refractivity contribution is 5.84. The highest BCUT2D eigenvalue weighted by Crippen LogP contribution is 2.16. The molecule has 88 valence electrons. The quantitative estimate of drug-likeness (QED) is 0.862. The molecule has 1 heterocycles. The van der Waals surface area contributed by atoms with Gasteiger partial charge in [-0.15, -0.1) is 5.10 Å². The van der Waals surface area contributed by atoms with Crippen molar-refractivity contribution in [2.75, 3.05) is 6.61 Å². The standard InChI is InChI=1S/C11H11N3O3/c1-2-17-9-5-3-4-8(6-9)14-7-10(11(15)16)12-13-14/h3-7H,2H2,1H3,(H,15,16). The van der Waals surface area contributed by atoms with Gasteiger partial charge in [0.05, 0.1) is 18.5 Å². The van der Waals surface area contributed by atoms with Crippen LogP contribution in [0.1, 0.15) is 17.4 Å². The van der Waals surface area contributed by atoms with E-state index in [0.29, 0.717) is 18.0 Å². The number of aromatic carboxylic acids is 1. The van der Waals surface area contributed by atoms with Crippen LogP contribution in [-0.4, -0.2) is 32.7 Å². The van der Waals surface area contributed by atoms with Gasteiger partial charge in [0, 0.05) is 6.07 Å². The normalized spacial score (nSPS) is 10.2. The van der Waals surface area contributed by atoms with Crippen molar-refractivity contribution in [2.24, 2.45) is 0 Å². The van der Waals surface area contributed by atoms with Gasteiger partial charge in [-0.1, -0.05) is 11.3 Å². The third-order valence-corrected chi connectivity index (χ3v) is 2.11. The summed E-state index contributed by atoms with van der Waals surface area (Å²) >= 11 is 0. The molecule has 0 aliphatic heterocycles. The number of nitrogens with zero attached hydrogens (tertiary/aromatic N) is 3. The van der Waals surface area contributed by atoms with Crippen LogP contribution in [0, 0.1) is 0 Å². The van der Waals surface area contributed by atoms with Crippen molar-refractivity contribution in [2.45, 2.75) is 6.92 Å². The molecule has 6 heteroatoms. The van der Waals surface area contributed by atoms with E-state index in [1.54, 1.807) is 12.1 Å². The van der Waals surface area contributed by atoms with Gasteiger partial charge >= 0.3 is 5.97 Å². The fourth-order valence-electron chi connectivity index (χ4n) is 1.37. The predicted octanol–water partition coefficient (Wildman–Crippen LogP) is 1.36. The maximum Gasteiger partial charge on any atom is 0.358 e. The lowest BCUT2D eigenvalue weighted by atomic mass is 10.3. The van der Waals surface area contributed by atoms with Crippen molar-refractivity contribution in [3.63, 3.8) is 0 Å². The first-order valence-corrected chi connectivity index (χ1v) is 5.09. The number of carboxylic acid groups (broad SMARTS) is 1. The van der Waals surface area contributed by atoms with Gasteiger partial charge in [-0.05, 0) is 19.1 Å². The lowest BCUT2D eigenvalue weighted by molar-refractivity contribution is 0.0690. The molecule has 17 heavy (non-hydrogen) atoms. The summed E-state index contributed by atoms with van der Waals surface area (Å²) in [5, 5.41) is 16.0. The van der Waals surface area contributed by atoms with Crippen LogP contribution in [0.15, 0.2) is 30.5 Å². The zero-order valence-corrected chi connectivity index (χ0v) is 9.20. The van der Waals surface area contributed by atoms with E-state index in [1.807, 2.05) is 19.1 Å². The van der Waals surface area contributed by atoms with E-state index in [1.165, 1.54) is 10.9 Å². The van der Waals surface area contributed by atoms with E-state index in [9.17, 15) is 4.79 Å². The molecule has 0 saturated carbocycles. The number of ether oxygens (including phenoxy) is 1. The minimum atomic E-state index is -1.10. The molecule has 2 aromatic rings. The zero-order valence-electron chi connectivity index (χ0n) is 9.20. The summed E-state index contributed by atoms with van der Waals surface area (Å²) in [6.45, 7) is 2.46. The number of rotatable bonds is 4. The molecule has 0 aliphatic rings. The largest absolute Gasteiger partial charge is 0.494 e. The summed E-state index contributed by atoms with van der Waals surface area (Å²) in [7, 11) is 0. The van der Waals surface area contributed by atoms with E-state index >= 15 is 0 Å². The first-order chi connectivity index (χ1) is 8.20. The summed E-state index contributed by atoms with van der Waals surface area (Å²) < 4.78 is 6.74. The Hall–Kier alpha value is -2.37. The second-order valence-corrected chi connectivity index (χ2v) is 3.28. The maximum absolute atomic E-state index is 10.7. The minimum absolute atomic E-state index is 0.0909. The summed E-state index contributed by atoms with van der Waals surface area (Å²) in [5.74, 6) is -0.394. The Morgan fingerprint density at radius 3 is 3.00 bits per heavy atom. The number of benzene rings is 1. The number of hydrogen-bond donors (Lipinski definition) is 1. The van der Waals surface area contributed by atoms with Crippen LogP contribution >= 0.6 is 0 Å². The van der Waals surface area contributed by atoms with E-state index in [0.717, 1.165) is 0 Å². The molecule has 0 unspecified atom stereocenters. The summed E-state index contributed by atoms with van der Waals surface area (Å²) in [5.41, 5.74) is 0.614. The Morgan fingerprint density at radius 2 is 2.35 bits per heavy atom. The Labute approximate surface area is 97.4 Å². The van der Waals surface area contributed by atoms with Crippen LogP contribution in [0.2, 0.25) is 0 Å². The first kappa shape index (κ1) is 11.1. The number of carboxylic acids is 1. The molecule has 6 nitrogen and oxygen atoms in total. The van der Waals surface area contributed by atoms with Gasteiger partial charge in [0.15, 0.2) is 5.69 Å². The molecule has 0 bridgehead atoms. The number of carbonyl (C=O) groups is 1. The van der Waals surface area contributed by atoms with Crippen LogP contribution in [0.5, 0.6) is 5.75 Å². The van der Waals surface area contributed by atoms with Crippen LogP contribution in [-0.2, 0) is 0 Å². The van der Waals surface area contributed by atoms with Crippen molar-refractivity contribution in [1.29, 1.82) is 0 Å². The van der Waals surface area contributed by atoms with Gasteiger partial charge < -0.3 is 9.84 Å². The van der Waals surface area contributed by atoms with Crippen molar-refractivity contribution >= 4 is 5.97 Å². The maximum atomic E-state index is 10.7. The van der Waals surface area contributed by atoms with Gasteiger partial charge in [0.25, 0.3) is 0 Å². The molecule has 0 aliphatic carbocycles. The van der Waals surface area contributed by atoms with Gasteiger partial charge in [-0.25, -0.2) is 9.48 Å². The molecule has 0 saturated heterocycles.